The average Bonchev–Trinajstić information content (AvgIpc) is 3.91. The van der Waals surface area contributed by atoms with Crippen LogP contribution in [0.1, 0.15) is 96.1 Å². The van der Waals surface area contributed by atoms with E-state index < -0.39 is 59.6 Å². The predicted molar refractivity (Wildman–Crippen MR) is 178 cm³/mol. The summed E-state index contributed by atoms with van der Waals surface area (Å²) in [5.74, 6) is -0.452. The fourth-order valence-electron chi connectivity index (χ4n) is 7.85. The third-order valence-corrected chi connectivity index (χ3v) is 10.6. The highest BCUT2D eigenvalue weighted by atomic mass is 16.7. The molecule has 3 fully saturated rings. The van der Waals surface area contributed by atoms with Crippen molar-refractivity contribution in [2.24, 2.45) is 11.3 Å². The molecule has 1 saturated heterocycles. The summed E-state index contributed by atoms with van der Waals surface area (Å²) in [6, 6.07) is 0.766. The van der Waals surface area contributed by atoms with Crippen LogP contribution in [0.15, 0.2) is 12.1 Å². The maximum atomic E-state index is 14.4. The number of benzene rings is 1. The minimum atomic E-state index is -1.06. The number of alkyl carbamates (subject to hydrolysis) is 1. The smallest absolute Gasteiger partial charge is 0.410 e. The molecule has 4 atom stereocenters. The summed E-state index contributed by atoms with van der Waals surface area (Å²) in [5, 5.41) is 5.79. The van der Waals surface area contributed by atoms with Crippen LogP contribution >= 0.6 is 0 Å². The summed E-state index contributed by atoms with van der Waals surface area (Å²) in [6.07, 6.45) is 6.01. The summed E-state index contributed by atoms with van der Waals surface area (Å²) in [4.78, 5) is 70.6. The number of esters is 1. The first-order valence-electron chi connectivity index (χ1n) is 17.9. The molecule has 0 aromatic heterocycles. The minimum Gasteiger partial charge on any atom is -0.467 e. The Morgan fingerprint density at radius 1 is 0.840 bits per heavy atom. The largest absolute Gasteiger partial charge is 0.467 e. The molecule has 0 spiro atoms. The van der Waals surface area contributed by atoms with E-state index >= 15 is 0 Å². The van der Waals surface area contributed by atoms with Crippen LogP contribution in [-0.4, -0.2) is 90.6 Å². The van der Waals surface area contributed by atoms with Gasteiger partial charge in [0.1, 0.15) is 30.3 Å². The third-order valence-electron chi connectivity index (χ3n) is 10.6. The second kappa shape index (κ2) is 14.9. The lowest BCUT2D eigenvalue weighted by Gasteiger charge is -2.37. The Morgan fingerprint density at radius 2 is 1.46 bits per heavy atom. The van der Waals surface area contributed by atoms with Gasteiger partial charge in [-0.2, -0.15) is 0 Å². The standard InChI is InChI=1S/C36H50N4O10/c1-36(2,3)30(38-31(41)29(21-10-6-5-7-11-21)37-34(44)49-24-12-8-9-13-24)32(42)40-19-25(16-26(40)33(43)46-4)50-35(45)39-17-22-14-27-28(48-20-47-27)15-23(22)18-39/h14-15,21,24-26,29-30H,5-13,16-20H2,1-4H3,(H,37,44)(H,38,41)/t25?,26?,29-,30+/m0/s1. The molecule has 5 aliphatic rings. The number of carbonyl (C=O) groups is 5. The molecular weight excluding hydrogens is 648 g/mol. The topological polar surface area (TPSA) is 162 Å². The third kappa shape index (κ3) is 7.88. The van der Waals surface area contributed by atoms with Crippen molar-refractivity contribution >= 4 is 30.0 Å². The number of rotatable bonds is 8. The first-order chi connectivity index (χ1) is 23.9. The highest BCUT2D eigenvalue weighted by Gasteiger charge is 2.48. The van der Waals surface area contributed by atoms with Crippen molar-refractivity contribution in [1.29, 1.82) is 0 Å². The van der Waals surface area contributed by atoms with Crippen molar-refractivity contribution < 1.29 is 47.7 Å². The van der Waals surface area contributed by atoms with Crippen LogP contribution in [0.5, 0.6) is 11.5 Å². The van der Waals surface area contributed by atoms with Gasteiger partial charge in [-0.15, -0.1) is 0 Å². The van der Waals surface area contributed by atoms with E-state index in [2.05, 4.69) is 10.6 Å². The molecule has 0 bridgehead atoms. The Bertz CT molecular complexity index is 1430. The first kappa shape index (κ1) is 35.6. The second-order valence-electron chi connectivity index (χ2n) is 15.2. The van der Waals surface area contributed by atoms with Crippen LogP contribution < -0.4 is 20.1 Å². The lowest BCUT2D eigenvalue weighted by Crippen LogP contribution is -2.61. The molecule has 6 rings (SSSR count). The van der Waals surface area contributed by atoms with Crippen LogP contribution in [0.2, 0.25) is 0 Å². The fraction of sp³-hybridized carbons (Fsp3) is 0.694. The van der Waals surface area contributed by atoms with Gasteiger partial charge in [0.05, 0.1) is 13.7 Å². The van der Waals surface area contributed by atoms with Gasteiger partial charge in [0.25, 0.3) is 0 Å². The summed E-state index contributed by atoms with van der Waals surface area (Å²) in [7, 11) is 1.24. The quantitative estimate of drug-likeness (QED) is 0.298. The van der Waals surface area contributed by atoms with Crippen molar-refractivity contribution in [2.45, 2.75) is 128 Å². The fourth-order valence-corrected chi connectivity index (χ4v) is 7.85. The molecule has 2 N–H and O–H groups in total. The number of fused-ring (bicyclic) bond motifs is 2. The van der Waals surface area contributed by atoms with E-state index in [1.165, 1.54) is 12.0 Å². The zero-order chi connectivity index (χ0) is 35.6. The molecule has 3 aliphatic heterocycles. The molecule has 274 valence electrons. The second-order valence-corrected chi connectivity index (χ2v) is 15.2. The maximum absolute atomic E-state index is 14.4. The van der Waals surface area contributed by atoms with Gasteiger partial charge in [0.2, 0.25) is 18.6 Å². The highest BCUT2D eigenvalue weighted by Crippen LogP contribution is 2.38. The molecular formula is C36H50N4O10. The van der Waals surface area contributed by atoms with Gasteiger partial charge >= 0.3 is 18.2 Å². The summed E-state index contributed by atoms with van der Waals surface area (Å²) < 4.78 is 27.5. The lowest BCUT2D eigenvalue weighted by atomic mass is 9.82. The number of methoxy groups -OCH3 is 1. The predicted octanol–water partition coefficient (Wildman–Crippen LogP) is 4.16. The molecule has 1 aromatic carbocycles. The summed E-state index contributed by atoms with van der Waals surface area (Å²) in [6.45, 7) is 6.23. The Kier molecular flexibility index (Phi) is 10.6. The normalized spacial score (nSPS) is 23.2. The van der Waals surface area contributed by atoms with E-state index in [4.69, 9.17) is 23.7 Å². The molecule has 4 amide bonds. The van der Waals surface area contributed by atoms with Gasteiger partial charge in [0.15, 0.2) is 11.5 Å². The Labute approximate surface area is 292 Å². The van der Waals surface area contributed by atoms with Gasteiger partial charge in [-0.1, -0.05) is 40.0 Å². The summed E-state index contributed by atoms with van der Waals surface area (Å²) in [5.41, 5.74) is 1.08. The van der Waals surface area contributed by atoms with Gasteiger partial charge in [-0.25, -0.2) is 14.4 Å². The van der Waals surface area contributed by atoms with E-state index in [0.717, 1.165) is 68.9 Å². The number of nitrogens with one attached hydrogen (secondary N) is 2. The molecule has 0 radical (unpaired) electrons. The first-order valence-corrected chi connectivity index (χ1v) is 17.9. The van der Waals surface area contributed by atoms with E-state index in [9.17, 15) is 24.0 Å². The van der Waals surface area contributed by atoms with Gasteiger partial charge in [-0.05, 0) is 73.1 Å². The van der Waals surface area contributed by atoms with Gasteiger partial charge in [-0.3, -0.25) is 14.5 Å². The molecule has 50 heavy (non-hydrogen) atoms. The van der Waals surface area contributed by atoms with Crippen LogP contribution in [0.4, 0.5) is 9.59 Å². The van der Waals surface area contributed by atoms with E-state index in [0.29, 0.717) is 24.6 Å². The number of nitrogens with zero attached hydrogens (tertiary/aromatic N) is 2. The SMILES string of the molecule is COC(=O)C1CC(OC(=O)N2Cc3cc4c(cc3C2)OCO4)CN1C(=O)[C@@H](NC(=O)[C@@H](NC(=O)OC1CCCC1)C1CCCCC1)C(C)(C)C. The van der Waals surface area contributed by atoms with Crippen molar-refractivity contribution in [1.82, 2.24) is 20.4 Å². The van der Waals surface area contributed by atoms with Gasteiger partial charge < -0.3 is 39.2 Å². The molecule has 2 saturated carbocycles. The number of hydrogen-bond acceptors (Lipinski definition) is 10. The van der Waals surface area contributed by atoms with E-state index in [-0.39, 0.29) is 31.8 Å². The lowest BCUT2D eigenvalue weighted by molar-refractivity contribution is -0.153. The van der Waals surface area contributed by atoms with E-state index in [1.54, 1.807) is 4.90 Å². The molecule has 3 heterocycles. The number of ether oxygens (including phenoxy) is 5. The number of carbonyl (C=O) groups excluding carboxylic acids is 5. The summed E-state index contributed by atoms with van der Waals surface area (Å²) >= 11 is 0. The van der Waals surface area contributed by atoms with Crippen molar-refractivity contribution in [3.8, 4) is 11.5 Å². The molecule has 2 unspecified atom stereocenters. The Balaban J connectivity index is 1.14. The van der Waals surface area contributed by atoms with Crippen molar-refractivity contribution in [3.05, 3.63) is 23.3 Å². The van der Waals surface area contributed by atoms with E-state index in [1.807, 2.05) is 32.9 Å². The van der Waals surface area contributed by atoms with Crippen molar-refractivity contribution in [3.63, 3.8) is 0 Å². The van der Waals surface area contributed by atoms with Crippen LogP contribution in [0.3, 0.4) is 0 Å². The number of amides is 4. The molecule has 2 aliphatic carbocycles. The Hall–Kier alpha value is -4.23. The monoisotopic (exact) mass is 698 g/mol. The van der Waals surface area contributed by atoms with Crippen LogP contribution in [-0.2, 0) is 41.7 Å². The number of likely N-dealkylation sites (tertiary alicyclic amines) is 1. The molecule has 1 aromatic rings. The minimum absolute atomic E-state index is 0.0466. The number of hydrogen-bond donors (Lipinski definition) is 2. The highest BCUT2D eigenvalue weighted by molar-refractivity contribution is 5.94. The molecule has 14 nitrogen and oxygen atoms in total. The zero-order valence-electron chi connectivity index (χ0n) is 29.5. The van der Waals surface area contributed by atoms with Crippen LogP contribution in [0, 0.1) is 11.3 Å². The maximum Gasteiger partial charge on any atom is 0.410 e. The van der Waals surface area contributed by atoms with Crippen molar-refractivity contribution in [2.75, 3.05) is 20.4 Å². The Morgan fingerprint density at radius 3 is 2.06 bits per heavy atom. The molecule has 14 heteroatoms. The van der Waals surface area contributed by atoms with Crippen LogP contribution in [0.25, 0.3) is 0 Å². The average molecular weight is 699 g/mol. The van der Waals surface area contributed by atoms with Gasteiger partial charge in [0, 0.05) is 19.5 Å². The zero-order valence-corrected chi connectivity index (χ0v) is 29.5.